The highest BCUT2D eigenvalue weighted by Crippen LogP contribution is 2.46. The van der Waals surface area contributed by atoms with Crippen LogP contribution in [0.2, 0.25) is 0 Å². The lowest BCUT2D eigenvalue weighted by Crippen LogP contribution is -2.52. The van der Waals surface area contributed by atoms with E-state index in [1.54, 1.807) is 6.92 Å². The van der Waals surface area contributed by atoms with Crippen LogP contribution in [0.15, 0.2) is 24.4 Å². The molecule has 1 aliphatic heterocycles. The van der Waals surface area contributed by atoms with Crippen molar-refractivity contribution in [1.82, 2.24) is 9.47 Å². The van der Waals surface area contributed by atoms with E-state index in [9.17, 15) is 9.59 Å². The lowest BCUT2D eigenvalue weighted by atomic mass is 9.72. The summed E-state index contributed by atoms with van der Waals surface area (Å²) in [7, 11) is 0. The Morgan fingerprint density at radius 3 is 2.67 bits per heavy atom. The van der Waals surface area contributed by atoms with Crippen molar-refractivity contribution in [2.45, 2.75) is 78.0 Å². The summed E-state index contributed by atoms with van der Waals surface area (Å²) in [5.74, 6) is -0.210. The van der Waals surface area contributed by atoms with E-state index in [4.69, 9.17) is 4.74 Å². The SMILES string of the molecule is CCCN1C[C@H](C(=O)OC(C)C(C)=O)CC2c3cccc4c3c(cn4C(C)C)C[C@H]21. The van der Waals surface area contributed by atoms with Crippen molar-refractivity contribution in [3.63, 3.8) is 0 Å². The molecule has 0 bridgehead atoms. The number of nitrogens with zero attached hydrogens (tertiary/aromatic N) is 2. The van der Waals surface area contributed by atoms with Gasteiger partial charge in [-0.25, -0.2) is 0 Å². The van der Waals surface area contributed by atoms with Crippen LogP contribution in [0.4, 0.5) is 0 Å². The van der Waals surface area contributed by atoms with Gasteiger partial charge in [0.05, 0.1) is 5.92 Å². The molecule has 2 heterocycles. The van der Waals surface area contributed by atoms with E-state index in [-0.39, 0.29) is 17.7 Å². The molecule has 2 aromatic rings. The largest absolute Gasteiger partial charge is 0.454 e. The molecule has 0 N–H and O–H groups in total. The Morgan fingerprint density at radius 2 is 2.00 bits per heavy atom. The van der Waals surface area contributed by atoms with Gasteiger partial charge in [-0.05, 0) is 70.7 Å². The number of hydrogen-bond donors (Lipinski definition) is 0. The molecule has 0 saturated carbocycles. The van der Waals surface area contributed by atoms with Gasteiger partial charge in [0.25, 0.3) is 0 Å². The number of hydrogen-bond acceptors (Lipinski definition) is 4. The van der Waals surface area contributed by atoms with Crippen LogP contribution in [0.1, 0.15) is 70.5 Å². The third-order valence-corrected chi connectivity index (χ3v) is 6.99. The quantitative estimate of drug-likeness (QED) is 0.659. The number of piperidine rings is 1. The molecule has 2 aliphatic rings. The molecule has 30 heavy (non-hydrogen) atoms. The fourth-order valence-electron chi connectivity index (χ4n) is 5.43. The fourth-order valence-corrected chi connectivity index (χ4v) is 5.43. The van der Waals surface area contributed by atoms with Gasteiger partial charge in [-0.3, -0.25) is 14.5 Å². The number of aromatic nitrogens is 1. The average molecular weight is 411 g/mol. The molecular formula is C25H34N2O3. The van der Waals surface area contributed by atoms with Gasteiger partial charge in [-0.1, -0.05) is 19.1 Å². The third kappa shape index (κ3) is 3.58. The van der Waals surface area contributed by atoms with Crippen LogP contribution in [0.3, 0.4) is 0 Å². The Kier molecular flexibility index (Phi) is 5.75. The van der Waals surface area contributed by atoms with Crippen LogP contribution < -0.4 is 0 Å². The average Bonchev–Trinajstić information content (AvgIpc) is 3.08. The summed E-state index contributed by atoms with van der Waals surface area (Å²) in [4.78, 5) is 27.0. The second-order valence-corrected chi connectivity index (χ2v) is 9.39. The third-order valence-electron chi connectivity index (χ3n) is 6.99. The molecule has 1 aliphatic carbocycles. The first-order valence-electron chi connectivity index (χ1n) is 11.4. The number of fused-ring (bicyclic) bond motifs is 2. The van der Waals surface area contributed by atoms with Crippen LogP contribution >= 0.6 is 0 Å². The molecule has 5 heteroatoms. The zero-order valence-corrected chi connectivity index (χ0v) is 18.9. The number of likely N-dealkylation sites (tertiary alicyclic amines) is 1. The first-order chi connectivity index (χ1) is 14.3. The molecule has 2 unspecified atom stereocenters. The minimum atomic E-state index is -0.670. The van der Waals surface area contributed by atoms with Crippen LogP contribution in [-0.2, 0) is 20.7 Å². The van der Waals surface area contributed by atoms with Crippen LogP contribution in [-0.4, -0.2) is 46.5 Å². The van der Waals surface area contributed by atoms with Gasteiger partial charge in [-0.15, -0.1) is 0 Å². The van der Waals surface area contributed by atoms with Gasteiger partial charge in [-0.2, -0.15) is 0 Å². The van der Waals surface area contributed by atoms with Crippen LogP contribution in [0.5, 0.6) is 0 Å². The predicted molar refractivity (Wildman–Crippen MR) is 119 cm³/mol. The van der Waals surface area contributed by atoms with Crippen molar-refractivity contribution in [3.8, 4) is 0 Å². The Balaban J connectivity index is 1.71. The number of ether oxygens (including phenoxy) is 1. The van der Waals surface area contributed by atoms with Crippen molar-refractivity contribution in [3.05, 3.63) is 35.5 Å². The molecule has 1 aromatic carbocycles. The lowest BCUT2D eigenvalue weighted by Gasteiger charge is -2.46. The Bertz CT molecular complexity index is 961. The maximum Gasteiger partial charge on any atom is 0.310 e. The molecule has 4 atom stereocenters. The molecule has 1 fully saturated rings. The minimum absolute atomic E-state index is 0.107. The highest BCUT2D eigenvalue weighted by atomic mass is 16.5. The second-order valence-electron chi connectivity index (χ2n) is 9.39. The summed E-state index contributed by atoms with van der Waals surface area (Å²) in [6, 6.07) is 7.46. The first kappa shape index (κ1) is 21.1. The monoisotopic (exact) mass is 410 g/mol. The summed E-state index contributed by atoms with van der Waals surface area (Å²) in [5, 5.41) is 1.38. The van der Waals surface area contributed by atoms with E-state index in [1.807, 2.05) is 0 Å². The predicted octanol–water partition coefficient (Wildman–Crippen LogP) is 4.48. The summed E-state index contributed by atoms with van der Waals surface area (Å²) in [6.07, 6.45) is 4.55. The lowest BCUT2D eigenvalue weighted by molar-refractivity contribution is -0.160. The summed E-state index contributed by atoms with van der Waals surface area (Å²) in [5.41, 5.74) is 4.10. The highest BCUT2D eigenvalue weighted by molar-refractivity contribution is 5.89. The molecule has 1 aromatic heterocycles. The molecule has 4 rings (SSSR count). The van der Waals surface area contributed by atoms with Gasteiger partial charge in [0.2, 0.25) is 0 Å². The van der Waals surface area contributed by atoms with Crippen molar-refractivity contribution in [1.29, 1.82) is 0 Å². The van der Waals surface area contributed by atoms with Gasteiger partial charge in [0.1, 0.15) is 0 Å². The van der Waals surface area contributed by atoms with Crippen molar-refractivity contribution >= 4 is 22.7 Å². The molecule has 1 saturated heterocycles. The zero-order valence-electron chi connectivity index (χ0n) is 18.9. The molecular weight excluding hydrogens is 376 g/mol. The molecule has 5 nitrogen and oxygen atoms in total. The highest BCUT2D eigenvalue weighted by Gasteiger charge is 2.43. The smallest absolute Gasteiger partial charge is 0.310 e. The standard InChI is InChI=1S/C25H34N2O3/c1-6-10-26-13-19(25(29)30-17(5)16(4)28)11-21-20-8-7-9-22-24(20)18(12-23(21)26)14-27(22)15(2)3/h7-9,14-15,17,19,21,23H,6,10-13H2,1-5H3/t17?,19-,21?,23-/m1/s1. The van der Waals surface area contributed by atoms with Crippen molar-refractivity contribution < 1.29 is 14.3 Å². The topological polar surface area (TPSA) is 51.5 Å². The Labute approximate surface area is 179 Å². The Hall–Kier alpha value is -2.14. The number of Topliss-reactive ketones (excluding diaryl/α,β-unsaturated/α-hetero) is 1. The normalized spacial score (nSPS) is 24.7. The minimum Gasteiger partial charge on any atom is -0.454 e. The van der Waals surface area contributed by atoms with E-state index in [0.29, 0.717) is 24.5 Å². The number of esters is 1. The molecule has 0 radical (unpaired) electrons. The maximum atomic E-state index is 12.9. The number of carbonyl (C=O) groups excluding carboxylic acids is 2. The Morgan fingerprint density at radius 1 is 1.23 bits per heavy atom. The van der Waals surface area contributed by atoms with Crippen molar-refractivity contribution in [2.75, 3.05) is 13.1 Å². The molecule has 0 amide bonds. The van der Waals surface area contributed by atoms with Gasteiger partial charge < -0.3 is 9.30 Å². The number of carbonyl (C=O) groups is 2. The van der Waals surface area contributed by atoms with Crippen LogP contribution in [0, 0.1) is 5.92 Å². The van der Waals surface area contributed by atoms with Crippen LogP contribution in [0.25, 0.3) is 10.9 Å². The first-order valence-corrected chi connectivity index (χ1v) is 11.4. The number of benzene rings is 1. The van der Waals surface area contributed by atoms with E-state index < -0.39 is 6.10 Å². The van der Waals surface area contributed by atoms with E-state index in [2.05, 4.69) is 54.6 Å². The van der Waals surface area contributed by atoms with E-state index in [0.717, 1.165) is 25.8 Å². The number of ketones is 1. The van der Waals surface area contributed by atoms with Crippen molar-refractivity contribution in [2.24, 2.45) is 5.92 Å². The van der Waals surface area contributed by atoms with Gasteiger partial charge in [0, 0.05) is 41.6 Å². The summed E-state index contributed by atoms with van der Waals surface area (Å²) in [6.45, 7) is 11.5. The van der Waals surface area contributed by atoms with Gasteiger partial charge in [0.15, 0.2) is 11.9 Å². The van der Waals surface area contributed by atoms with Gasteiger partial charge >= 0.3 is 5.97 Å². The fraction of sp³-hybridized carbons (Fsp3) is 0.600. The zero-order chi connectivity index (χ0) is 21.6. The summed E-state index contributed by atoms with van der Waals surface area (Å²) < 4.78 is 7.90. The van der Waals surface area contributed by atoms with E-state index in [1.165, 1.54) is 29.0 Å². The number of rotatable bonds is 6. The molecule has 0 spiro atoms. The maximum absolute atomic E-state index is 12.9. The van der Waals surface area contributed by atoms with E-state index >= 15 is 0 Å². The molecule has 162 valence electrons. The second kappa shape index (κ2) is 8.18. The summed E-state index contributed by atoms with van der Waals surface area (Å²) >= 11 is 0.